The third-order valence-electron chi connectivity index (χ3n) is 5.85. The van der Waals surface area contributed by atoms with Gasteiger partial charge in [0.15, 0.2) is 5.78 Å². The molecule has 0 unspecified atom stereocenters. The standard InChI is InChI=1S/C29H42O/c1-26(2,3)21-13-19(14-22(17-21)27(4,5)6)25(30)20-15-23(28(7,8)9)18-24(16-20)29(10,11)12/h13-18H,1-12H3. The molecule has 0 heterocycles. The molecule has 0 N–H and O–H groups in total. The van der Waals surface area contributed by atoms with Crippen molar-refractivity contribution in [3.63, 3.8) is 0 Å². The minimum atomic E-state index is -0.0138. The Hall–Kier alpha value is -1.89. The summed E-state index contributed by atoms with van der Waals surface area (Å²) in [5.41, 5.74) is 6.36. The van der Waals surface area contributed by atoms with E-state index in [1.807, 2.05) is 0 Å². The van der Waals surface area contributed by atoms with Crippen LogP contribution in [-0.2, 0) is 21.7 Å². The zero-order valence-corrected chi connectivity index (χ0v) is 21.4. The Morgan fingerprint density at radius 3 is 0.800 bits per heavy atom. The first-order valence-electron chi connectivity index (χ1n) is 11.2. The van der Waals surface area contributed by atoms with Crippen molar-refractivity contribution in [3.05, 3.63) is 69.8 Å². The fraction of sp³-hybridized carbons (Fsp3) is 0.552. The highest BCUT2D eigenvalue weighted by Crippen LogP contribution is 2.33. The molecular weight excluding hydrogens is 364 g/mol. The van der Waals surface area contributed by atoms with Gasteiger partial charge < -0.3 is 0 Å². The number of hydrogen-bond donors (Lipinski definition) is 0. The van der Waals surface area contributed by atoms with Gasteiger partial charge in [0.2, 0.25) is 0 Å². The zero-order chi connectivity index (χ0) is 23.3. The largest absolute Gasteiger partial charge is 0.289 e. The molecule has 2 aromatic rings. The number of hydrogen-bond acceptors (Lipinski definition) is 1. The zero-order valence-electron chi connectivity index (χ0n) is 21.4. The number of carbonyl (C=O) groups is 1. The molecule has 0 saturated carbocycles. The molecular formula is C29H42O. The maximum Gasteiger partial charge on any atom is 0.193 e. The summed E-state index contributed by atoms with van der Waals surface area (Å²) in [6, 6.07) is 12.9. The quantitative estimate of drug-likeness (QED) is 0.460. The second-order valence-electron chi connectivity index (χ2n) is 12.9. The fourth-order valence-corrected chi connectivity index (χ4v) is 3.42. The molecule has 2 aromatic carbocycles. The molecule has 30 heavy (non-hydrogen) atoms. The molecule has 0 fully saturated rings. The molecule has 1 nitrogen and oxygen atoms in total. The van der Waals surface area contributed by atoms with Gasteiger partial charge in [-0.1, -0.05) is 95.2 Å². The summed E-state index contributed by atoms with van der Waals surface area (Å²) in [5.74, 6) is 0.114. The normalized spacial score (nSPS) is 13.5. The van der Waals surface area contributed by atoms with Gasteiger partial charge in [0.1, 0.15) is 0 Å². The summed E-state index contributed by atoms with van der Waals surface area (Å²) in [6.07, 6.45) is 0. The van der Waals surface area contributed by atoms with Crippen molar-refractivity contribution in [1.29, 1.82) is 0 Å². The average molecular weight is 407 g/mol. The van der Waals surface area contributed by atoms with E-state index < -0.39 is 0 Å². The highest BCUT2D eigenvalue weighted by atomic mass is 16.1. The van der Waals surface area contributed by atoms with Gasteiger partial charge in [0.05, 0.1) is 0 Å². The van der Waals surface area contributed by atoms with Gasteiger partial charge in [0.25, 0.3) is 0 Å². The van der Waals surface area contributed by atoms with Crippen molar-refractivity contribution in [1.82, 2.24) is 0 Å². The Bertz CT molecular complexity index is 790. The van der Waals surface area contributed by atoms with Gasteiger partial charge in [0, 0.05) is 11.1 Å². The van der Waals surface area contributed by atoms with E-state index >= 15 is 0 Å². The van der Waals surface area contributed by atoms with Crippen molar-refractivity contribution < 1.29 is 4.79 Å². The van der Waals surface area contributed by atoms with Crippen molar-refractivity contribution in [2.45, 2.75) is 105 Å². The predicted molar refractivity (Wildman–Crippen MR) is 131 cm³/mol. The topological polar surface area (TPSA) is 17.1 Å². The predicted octanol–water partition coefficient (Wildman–Crippen LogP) is 8.11. The lowest BCUT2D eigenvalue weighted by Gasteiger charge is -2.27. The summed E-state index contributed by atoms with van der Waals surface area (Å²) in [5, 5.41) is 0. The molecule has 0 saturated heterocycles. The molecule has 0 spiro atoms. The minimum Gasteiger partial charge on any atom is -0.289 e. The van der Waals surface area contributed by atoms with Gasteiger partial charge in [-0.05, 0) is 68.2 Å². The minimum absolute atomic E-state index is 0.0138. The van der Waals surface area contributed by atoms with E-state index in [0.717, 1.165) is 11.1 Å². The smallest absolute Gasteiger partial charge is 0.193 e. The van der Waals surface area contributed by atoms with Crippen LogP contribution < -0.4 is 0 Å². The lowest BCUT2D eigenvalue weighted by atomic mass is 9.77. The van der Waals surface area contributed by atoms with Crippen LogP contribution in [0.5, 0.6) is 0 Å². The van der Waals surface area contributed by atoms with Crippen LogP contribution in [0.2, 0.25) is 0 Å². The van der Waals surface area contributed by atoms with Gasteiger partial charge in [-0.15, -0.1) is 0 Å². The van der Waals surface area contributed by atoms with Crippen molar-refractivity contribution in [3.8, 4) is 0 Å². The van der Waals surface area contributed by atoms with Crippen LogP contribution in [0.1, 0.15) is 121 Å². The van der Waals surface area contributed by atoms with Crippen LogP contribution in [0.4, 0.5) is 0 Å². The molecule has 0 aromatic heterocycles. The van der Waals surface area contributed by atoms with E-state index in [1.54, 1.807) is 0 Å². The van der Waals surface area contributed by atoms with Crippen molar-refractivity contribution >= 4 is 5.78 Å². The number of carbonyl (C=O) groups excluding carboxylic acids is 1. The van der Waals surface area contributed by atoms with E-state index in [0.29, 0.717) is 0 Å². The van der Waals surface area contributed by atoms with E-state index in [-0.39, 0.29) is 27.4 Å². The van der Waals surface area contributed by atoms with Crippen LogP contribution in [0.25, 0.3) is 0 Å². The SMILES string of the molecule is CC(C)(C)c1cc(C(=O)c2cc(C(C)(C)C)cc(C(C)(C)C)c2)cc(C(C)(C)C)c1. The average Bonchev–Trinajstić information content (AvgIpc) is 2.57. The van der Waals surface area contributed by atoms with Crippen LogP contribution in [0.3, 0.4) is 0 Å². The number of rotatable bonds is 2. The van der Waals surface area contributed by atoms with Crippen LogP contribution >= 0.6 is 0 Å². The Morgan fingerprint density at radius 1 is 0.433 bits per heavy atom. The van der Waals surface area contributed by atoms with E-state index in [9.17, 15) is 4.79 Å². The second-order valence-corrected chi connectivity index (χ2v) is 12.9. The highest BCUT2D eigenvalue weighted by molar-refractivity contribution is 6.09. The summed E-state index contributed by atoms with van der Waals surface area (Å²) >= 11 is 0. The first-order chi connectivity index (χ1) is 13.3. The van der Waals surface area contributed by atoms with Crippen LogP contribution in [0.15, 0.2) is 36.4 Å². The Labute approximate surface area is 185 Å². The Balaban J connectivity index is 2.73. The van der Waals surface area contributed by atoms with Crippen molar-refractivity contribution in [2.75, 3.05) is 0 Å². The molecule has 0 aliphatic rings. The Kier molecular flexibility index (Phi) is 6.23. The fourth-order valence-electron chi connectivity index (χ4n) is 3.42. The van der Waals surface area contributed by atoms with E-state index in [2.05, 4.69) is 119 Å². The van der Waals surface area contributed by atoms with Gasteiger partial charge in [-0.3, -0.25) is 4.79 Å². The van der Waals surface area contributed by atoms with Crippen LogP contribution in [-0.4, -0.2) is 5.78 Å². The first-order valence-corrected chi connectivity index (χ1v) is 11.2. The molecule has 2 rings (SSSR count). The molecule has 164 valence electrons. The second kappa shape index (κ2) is 7.66. The van der Waals surface area contributed by atoms with Crippen molar-refractivity contribution in [2.24, 2.45) is 0 Å². The molecule has 0 amide bonds. The van der Waals surface area contributed by atoms with Gasteiger partial charge in [-0.2, -0.15) is 0 Å². The third-order valence-corrected chi connectivity index (χ3v) is 5.85. The maximum absolute atomic E-state index is 13.8. The molecule has 0 bridgehead atoms. The summed E-state index contributed by atoms with van der Waals surface area (Å²) in [7, 11) is 0. The number of ketones is 1. The van der Waals surface area contributed by atoms with Gasteiger partial charge >= 0.3 is 0 Å². The first kappa shape index (κ1) is 24.4. The maximum atomic E-state index is 13.8. The molecule has 0 aliphatic heterocycles. The summed E-state index contributed by atoms with van der Waals surface area (Å²) < 4.78 is 0. The third kappa shape index (κ3) is 5.62. The lowest BCUT2D eigenvalue weighted by molar-refractivity contribution is 0.103. The molecule has 1 heteroatoms. The Morgan fingerprint density at radius 2 is 0.633 bits per heavy atom. The number of benzene rings is 2. The lowest BCUT2D eigenvalue weighted by Crippen LogP contribution is -2.20. The van der Waals surface area contributed by atoms with Crippen LogP contribution in [0, 0.1) is 0 Å². The molecule has 0 atom stereocenters. The molecule has 0 aliphatic carbocycles. The molecule has 0 radical (unpaired) electrons. The highest BCUT2D eigenvalue weighted by Gasteiger charge is 2.25. The monoisotopic (exact) mass is 406 g/mol. The van der Waals surface area contributed by atoms with E-state index in [1.165, 1.54) is 22.3 Å². The summed E-state index contributed by atoms with van der Waals surface area (Å²) in [4.78, 5) is 13.8. The van der Waals surface area contributed by atoms with E-state index in [4.69, 9.17) is 0 Å². The summed E-state index contributed by atoms with van der Waals surface area (Å²) in [6.45, 7) is 26.5. The van der Waals surface area contributed by atoms with Gasteiger partial charge in [-0.25, -0.2) is 0 Å².